The van der Waals surface area contributed by atoms with Crippen molar-refractivity contribution < 1.29 is 9.21 Å². The molecule has 1 amide bonds. The number of aromatic nitrogens is 1. The van der Waals surface area contributed by atoms with E-state index in [2.05, 4.69) is 17.2 Å². The zero-order chi connectivity index (χ0) is 19.0. The monoisotopic (exact) mass is 381 g/mol. The summed E-state index contributed by atoms with van der Waals surface area (Å²) in [5, 5.41) is 3.82. The van der Waals surface area contributed by atoms with Crippen LogP contribution in [0.2, 0.25) is 5.02 Å². The van der Waals surface area contributed by atoms with E-state index >= 15 is 0 Å². The number of oxazole rings is 1. The smallest absolute Gasteiger partial charge is 0.259 e. The highest BCUT2D eigenvalue weighted by molar-refractivity contribution is 6.34. The zero-order valence-electron chi connectivity index (χ0n) is 15.2. The quantitative estimate of drug-likeness (QED) is 0.712. The summed E-state index contributed by atoms with van der Waals surface area (Å²) in [6.07, 6.45) is 1.66. The molecular formula is C21H20ClN3O2. The van der Waals surface area contributed by atoms with E-state index < -0.39 is 0 Å². The summed E-state index contributed by atoms with van der Waals surface area (Å²) in [5.74, 6) is 1.11. The van der Waals surface area contributed by atoms with E-state index in [1.54, 1.807) is 23.2 Å². The topological polar surface area (TPSA) is 58.4 Å². The Hall–Kier alpha value is -2.63. The molecule has 1 aromatic heterocycles. The molecular weight excluding hydrogens is 362 g/mol. The molecule has 0 saturated heterocycles. The van der Waals surface area contributed by atoms with Gasteiger partial charge in [-0.25, -0.2) is 4.98 Å². The molecule has 1 N–H and O–H groups in total. The number of anilines is 1. The van der Waals surface area contributed by atoms with Gasteiger partial charge in [0.1, 0.15) is 5.76 Å². The van der Waals surface area contributed by atoms with Crippen LogP contribution in [0.1, 0.15) is 28.6 Å². The number of carbonyl (C=O) groups is 1. The summed E-state index contributed by atoms with van der Waals surface area (Å²) in [4.78, 5) is 19.3. The highest BCUT2D eigenvalue weighted by Gasteiger charge is 2.26. The lowest BCUT2D eigenvalue weighted by Crippen LogP contribution is -2.39. The van der Waals surface area contributed by atoms with Gasteiger partial charge in [0.05, 0.1) is 16.8 Å². The maximum atomic E-state index is 13.3. The number of para-hydroxylation sites is 1. The number of benzene rings is 2. The van der Waals surface area contributed by atoms with E-state index in [1.807, 2.05) is 37.3 Å². The first-order valence-corrected chi connectivity index (χ1v) is 9.26. The van der Waals surface area contributed by atoms with E-state index in [0.717, 1.165) is 29.1 Å². The summed E-state index contributed by atoms with van der Waals surface area (Å²) in [6, 6.07) is 13.4. The molecule has 1 atom stereocenters. The van der Waals surface area contributed by atoms with Gasteiger partial charge in [-0.3, -0.25) is 4.79 Å². The lowest BCUT2D eigenvalue weighted by molar-refractivity contribution is 0.0985. The van der Waals surface area contributed by atoms with Gasteiger partial charge in [0.25, 0.3) is 5.91 Å². The van der Waals surface area contributed by atoms with Gasteiger partial charge in [-0.1, -0.05) is 29.8 Å². The number of fused-ring (bicyclic) bond motifs is 1. The van der Waals surface area contributed by atoms with Crippen molar-refractivity contribution in [3.63, 3.8) is 0 Å². The van der Waals surface area contributed by atoms with Crippen molar-refractivity contribution in [2.45, 2.75) is 26.4 Å². The largest absolute Gasteiger partial charge is 0.441 e. The molecule has 0 unspecified atom stereocenters. The fraction of sp³-hybridized carbons (Fsp3) is 0.238. The number of halogens is 1. The first-order chi connectivity index (χ1) is 13.0. The van der Waals surface area contributed by atoms with Crippen LogP contribution in [-0.2, 0) is 6.54 Å². The number of nitrogens with one attached hydrogen (secondary N) is 1. The minimum atomic E-state index is -0.113. The van der Waals surface area contributed by atoms with E-state index in [4.69, 9.17) is 16.0 Å². The van der Waals surface area contributed by atoms with Crippen LogP contribution >= 0.6 is 11.6 Å². The molecule has 4 rings (SSSR count). The molecule has 0 saturated carbocycles. The molecule has 27 heavy (non-hydrogen) atoms. The Bertz CT molecular complexity index is 999. The molecule has 0 fully saturated rings. The Kier molecular flexibility index (Phi) is 4.72. The predicted octanol–water partition coefficient (Wildman–Crippen LogP) is 4.44. The van der Waals surface area contributed by atoms with Crippen LogP contribution in [-0.4, -0.2) is 23.5 Å². The normalized spacial score (nSPS) is 16.7. The van der Waals surface area contributed by atoms with Crippen molar-refractivity contribution in [1.82, 2.24) is 10.3 Å². The van der Waals surface area contributed by atoms with E-state index in [1.165, 1.54) is 0 Å². The van der Waals surface area contributed by atoms with Crippen LogP contribution < -0.4 is 10.2 Å². The van der Waals surface area contributed by atoms with Crippen molar-refractivity contribution in [2.24, 2.45) is 0 Å². The molecule has 6 heteroatoms. The fourth-order valence-electron chi connectivity index (χ4n) is 3.29. The molecule has 0 aliphatic carbocycles. The standard InChI is InChI=1S/C21H20ClN3O2/c1-13-12-25(19-6-4-3-5-16(19)11-23-13)21(26)17-8-7-15(9-18(17)22)20-24-10-14(2)27-20/h3-10,13,23H,11-12H2,1-2H3/t13-/m1/s1. The van der Waals surface area contributed by atoms with Gasteiger partial charge in [0.15, 0.2) is 0 Å². The Morgan fingerprint density at radius 1 is 1.30 bits per heavy atom. The zero-order valence-corrected chi connectivity index (χ0v) is 16.0. The van der Waals surface area contributed by atoms with Gasteiger partial charge in [-0.05, 0) is 43.7 Å². The molecule has 3 aromatic rings. The van der Waals surface area contributed by atoms with Crippen LogP contribution in [0.3, 0.4) is 0 Å². The average molecular weight is 382 g/mol. The van der Waals surface area contributed by atoms with Crippen LogP contribution in [0.15, 0.2) is 53.1 Å². The van der Waals surface area contributed by atoms with Gasteiger partial charge in [0, 0.05) is 30.4 Å². The number of hydrogen-bond donors (Lipinski definition) is 1. The van der Waals surface area contributed by atoms with E-state index in [-0.39, 0.29) is 11.9 Å². The van der Waals surface area contributed by atoms with Crippen LogP contribution in [0.4, 0.5) is 5.69 Å². The van der Waals surface area contributed by atoms with Crippen LogP contribution in [0, 0.1) is 6.92 Å². The number of hydrogen-bond acceptors (Lipinski definition) is 4. The molecule has 0 spiro atoms. The summed E-state index contributed by atoms with van der Waals surface area (Å²) in [6.45, 7) is 5.22. The minimum Gasteiger partial charge on any atom is -0.441 e. The van der Waals surface area contributed by atoms with Crippen molar-refractivity contribution >= 4 is 23.2 Å². The maximum absolute atomic E-state index is 13.3. The Balaban J connectivity index is 1.70. The maximum Gasteiger partial charge on any atom is 0.259 e. The third kappa shape index (κ3) is 3.48. The number of aryl methyl sites for hydroxylation is 1. The predicted molar refractivity (Wildman–Crippen MR) is 106 cm³/mol. The molecule has 0 radical (unpaired) electrons. The van der Waals surface area contributed by atoms with Gasteiger partial charge in [-0.15, -0.1) is 0 Å². The fourth-order valence-corrected chi connectivity index (χ4v) is 3.55. The van der Waals surface area contributed by atoms with E-state index in [0.29, 0.717) is 23.0 Å². The Labute approximate surface area is 163 Å². The average Bonchev–Trinajstić information content (AvgIpc) is 3.03. The molecule has 1 aliphatic heterocycles. The van der Waals surface area contributed by atoms with Gasteiger partial charge in [0.2, 0.25) is 5.89 Å². The van der Waals surface area contributed by atoms with Crippen molar-refractivity contribution in [3.8, 4) is 11.5 Å². The molecule has 138 valence electrons. The Morgan fingerprint density at radius 2 is 2.11 bits per heavy atom. The summed E-state index contributed by atoms with van der Waals surface area (Å²) in [7, 11) is 0. The van der Waals surface area contributed by atoms with Gasteiger partial charge < -0.3 is 14.6 Å². The van der Waals surface area contributed by atoms with Crippen molar-refractivity contribution in [1.29, 1.82) is 0 Å². The highest BCUT2D eigenvalue weighted by atomic mass is 35.5. The third-order valence-corrected chi connectivity index (χ3v) is 5.01. The second-order valence-corrected chi connectivity index (χ2v) is 7.20. The lowest BCUT2D eigenvalue weighted by Gasteiger charge is -2.25. The number of rotatable bonds is 2. The second kappa shape index (κ2) is 7.18. The first-order valence-electron chi connectivity index (χ1n) is 8.88. The summed E-state index contributed by atoms with van der Waals surface area (Å²) < 4.78 is 5.54. The summed E-state index contributed by atoms with van der Waals surface area (Å²) >= 11 is 6.47. The first kappa shape index (κ1) is 17.8. The SMILES string of the molecule is Cc1cnc(-c2ccc(C(=O)N3C[C@@H](C)NCc4ccccc43)c(Cl)c2)o1. The number of carbonyl (C=O) groups excluding carboxylic acids is 1. The van der Waals surface area contributed by atoms with Crippen molar-refractivity contribution in [3.05, 3.63) is 70.6 Å². The molecule has 5 nitrogen and oxygen atoms in total. The minimum absolute atomic E-state index is 0.113. The molecule has 1 aliphatic rings. The third-order valence-electron chi connectivity index (χ3n) is 4.69. The van der Waals surface area contributed by atoms with Gasteiger partial charge in [-0.2, -0.15) is 0 Å². The summed E-state index contributed by atoms with van der Waals surface area (Å²) in [5.41, 5.74) is 3.23. The Morgan fingerprint density at radius 3 is 2.85 bits per heavy atom. The van der Waals surface area contributed by atoms with Crippen LogP contribution in [0.25, 0.3) is 11.5 Å². The molecule has 0 bridgehead atoms. The highest BCUT2D eigenvalue weighted by Crippen LogP contribution is 2.30. The molecule has 2 aromatic carbocycles. The van der Waals surface area contributed by atoms with Crippen LogP contribution in [0.5, 0.6) is 0 Å². The number of nitrogens with zero attached hydrogens (tertiary/aromatic N) is 2. The lowest BCUT2D eigenvalue weighted by atomic mass is 10.1. The number of amides is 1. The molecule has 2 heterocycles. The van der Waals surface area contributed by atoms with Crippen molar-refractivity contribution in [2.75, 3.05) is 11.4 Å². The van der Waals surface area contributed by atoms with E-state index in [9.17, 15) is 4.79 Å². The second-order valence-electron chi connectivity index (χ2n) is 6.80. The van der Waals surface area contributed by atoms with Gasteiger partial charge >= 0.3 is 0 Å².